The highest BCUT2D eigenvalue weighted by Crippen LogP contribution is 2.34. The Morgan fingerprint density at radius 3 is 2.24 bits per heavy atom. The molecule has 0 spiro atoms. The molecule has 4 aromatic rings. The van der Waals surface area contributed by atoms with E-state index in [0.717, 1.165) is 0 Å². The second kappa shape index (κ2) is 5.05. The molecular formula is C19H14BrN. The third-order valence-corrected chi connectivity index (χ3v) is 4.97. The van der Waals surface area contributed by atoms with E-state index in [9.17, 15) is 0 Å². The standard InChI is InChI=1S/C19H14BrN/c20-19(13-6-2-1-3-7-13)14-10-11-18-16(12-14)15-8-4-5-9-17(15)21-18/h1-12,19,21H. The first-order chi connectivity index (χ1) is 10.3. The Labute approximate surface area is 131 Å². The van der Waals surface area contributed by atoms with Crippen LogP contribution in [0.25, 0.3) is 21.8 Å². The molecule has 21 heavy (non-hydrogen) atoms. The number of hydrogen-bond donors (Lipinski definition) is 1. The van der Waals surface area contributed by atoms with Crippen LogP contribution in [0.2, 0.25) is 0 Å². The zero-order valence-electron chi connectivity index (χ0n) is 11.4. The summed E-state index contributed by atoms with van der Waals surface area (Å²) in [6.45, 7) is 0. The first-order valence-corrected chi connectivity index (χ1v) is 7.94. The summed E-state index contributed by atoms with van der Waals surface area (Å²) in [7, 11) is 0. The van der Waals surface area contributed by atoms with Gasteiger partial charge in [0.15, 0.2) is 0 Å². The highest BCUT2D eigenvalue weighted by atomic mass is 79.9. The molecule has 0 aliphatic rings. The molecule has 0 aliphatic carbocycles. The van der Waals surface area contributed by atoms with Gasteiger partial charge in [-0.1, -0.05) is 70.5 Å². The molecule has 2 heteroatoms. The molecule has 1 atom stereocenters. The van der Waals surface area contributed by atoms with Gasteiger partial charge in [-0.25, -0.2) is 0 Å². The van der Waals surface area contributed by atoms with Crippen LogP contribution in [0.1, 0.15) is 16.0 Å². The van der Waals surface area contributed by atoms with Crippen molar-refractivity contribution in [2.45, 2.75) is 4.83 Å². The Balaban J connectivity index is 1.88. The molecule has 0 radical (unpaired) electrons. The van der Waals surface area contributed by atoms with E-state index in [1.807, 2.05) is 6.07 Å². The van der Waals surface area contributed by atoms with Crippen LogP contribution in [0.4, 0.5) is 0 Å². The SMILES string of the molecule is BrC(c1ccccc1)c1ccc2[nH]c3ccccc3c2c1. The predicted molar refractivity (Wildman–Crippen MR) is 93.0 cm³/mol. The number of aromatic amines is 1. The maximum Gasteiger partial charge on any atom is 0.0644 e. The molecule has 0 aliphatic heterocycles. The van der Waals surface area contributed by atoms with Crippen molar-refractivity contribution in [2.75, 3.05) is 0 Å². The lowest BCUT2D eigenvalue weighted by molar-refractivity contribution is 1.18. The fraction of sp³-hybridized carbons (Fsp3) is 0.0526. The van der Waals surface area contributed by atoms with E-state index in [1.54, 1.807) is 0 Å². The molecule has 1 heterocycles. The third-order valence-electron chi connectivity index (χ3n) is 3.92. The number of para-hydroxylation sites is 1. The van der Waals surface area contributed by atoms with E-state index < -0.39 is 0 Å². The minimum atomic E-state index is 0.219. The Hall–Kier alpha value is -2.06. The Morgan fingerprint density at radius 1 is 0.667 bits per heavy atom. The summed E-state index contributed by atoms with van der Waals surface area (Å²) in [6.07, 6.45) is 0. The molecule has 0 saturated carbocycles. The zero-order chi connectivity index (χ0) is 14.2. The first kappa shape index (κ1) is 12.7. The molecular weight excluding hydrogens is 322 g/mol. The van der Waals surface area contributed by atoms with E-state index >= 15 is 0 Å². The van der Waals surface area contributed by atoms with Crippen molar-refractivity contribution in [2.24, 2.45) is 0 Å². The Bertz CT molecular complexity index is 909. The summed E-state index contributed by atoms with van der Waals surface area (Å²) >= 11 is 3.82. The van der Waals surface area contributed by atoms with E-state index in [4.69, 9.17) is 0 Å². The van der Waals surface area contributed by atoms with Gasteiger partial charge in [-0.05, 0) is 29.3 Å². The number of nitrogens with one attached hydrogen (secondary N) is 1. The molecule has 1 unspecified atom stereocenters. The highest BCUT2D eigenvalue weighted by molar-refractivity contribution is 9.09. The summed E-state index contributed by atoms with van der Waals surface area (Å²) in [4.78, 5) is 3.69. The molecule has 0 saturated heterocycles. The summed E-state index contributed by atoms with van der Waals surface area (Å²) in [5.74, 6) is 0. The fourth-order valence-corrected chi connectivity index (χ4v) is 3.43. The molecule has 3 aromatic carbocycles. The van der Waals surface area contributed by atoms with Crippen molar-refractivity contribution < 1.29 is 0 Å². The van der Waals surface area contributed by atoms with Crippen molar-refractivity contribution in [3.8, 4) is 0 Å². The van der Waals surface area contributed by atoms with Gasteiger partial charge in [-0.15, -0.1) is 0 Å². The van der Waals surface area contributed by atoms with Gasteiger partial charge in [0.05, 0.1) is 4.83 Å². The molecule has 1 nitrogen and oxygen atoms in total. The molecule has 0 fully saturated rings. The molecule has 4 rings (SSSR count). The van der Waals surface area contributed by atoms with Crippen LogP contribution in [0.5, 0.6) is 0 Å². The Kier molecular flexibility index (Phi) is 3.04. The van der Waals surface area contributed by atoms with Crippen LogP contribution in [0.3, 0.4) is 0 Å². The van der Waals surface area contributed by atoms with Crippen LogP contribution >= 0.6 is 15.9 Å². The molecule has 0 amide bonds. The van der Waals surface area contributed by atoms with Gasteiger partial charge in [-0.2, -0.15) is 0 Å². The number of alkyl halides is 1. The molecule has 1 aromatic heterocycles. The largest absolute Gasteiger partial charge is 0.355 e. The van der Waals surface area contributed by atoms with Crippen molar-refractivity contribution in [3.63, 3.8) is 0 Å². The lowest BCUT2D eigenvalue weighted by Crippen LogP contribution is -1.91. The van der Waals surface area contributed by atoms with Gasteiger partial charge in [0.1, 0.15) is 0 Å². The lowest BCUT2D eigenvalue weighted by atomic mass is 10.0. The zero-order valence-corrected chi connectivity index (χ0v) is 13.0. The van der Waals surface area contributed by atoms with Crippen molar-refractivity contribution in [3.05, 3.63) is 83.9 Å². The van der Waals surface area contributed by atoms with Gasteiger partial charge in [0.2, 0.25) is 0 Å². The number of halogens is 1. The molecule has 102 valence electrons. The first-order valence-electron chi connectivity index (χ1n) is 7.02. The van der Waals surface area contributed by atoms with Crippen LogP contribution in [-0.4, -0.2) is 4.98 Å². The number of aromatic nitrogens is 1. The van der Waals surface area contributed by atoms with Gasteiger partial charge in [-0.3, -0.25) is 0 Å². The average molecular weight is 336 g/mol. The van der Waals surface area contributed by atoms with E-state index in [2.05, 4.69) is 87.6 Å². The second-order valence-electron chi connectivity index (χ2n) is 5.25. The minimum absolute atomic E-state index is 0.219. The molecule has 0 bridgehead atoms. The van der Waals surface area contributed by atoms with Crippen molar-refractivity contribution >= 4 is 37.7 Å². The quantitative estimate of drug-likeness (QED) is 0.445. The maximum absolute atomic E-state index is 3.82. The number of fused-ring (bicyclic) bond motifs is 3. The van der Waals surface area contributed by atoms with Gasteiger partial charge >= 0.3 is 0 Å². The van der Waals surface area contributed by atoms with Gasteiger partial charge < -0.3 is 4.98 Å². The Morgan fingerprint density at radius 2 is 1.38 bits per heavy atom. The summed E-state index contributed by atoms with van der Waals surface area (Å²) in [5.41, 5.74) is 4.93. The maximum atomic E-state index is 3.82. The summed E-state index contributed by atoms with van der Waals surface area (Å²) in [6, 6.07) is 25.6. The van der Waals surface area contributed by atoms with Crippen LogP contribution in [-0.2, 0) is 0 Å². The van der Waals surface area contributed by atoms with E-state index in [0.29, 0.717) is 0 Å². The van der Waals surface area contributed by atoms with E-state index in [1.165, 1.54) is 32.9 Å². The number of rotatable bonds is 2. The highest BCUT2D eigenvalue weighted by Gasteiger charge is 2.12. The normalized spacial score (nSPS) is 12.8. The molecule has 1 N–H and O–H groups in total. The topological polar surface area (TPSA) is 15.8 Å². The third kappa shape index (κ3) is 2.16. The smallest absolute Gasteiger partial charge is 0.0644 e. The van der Waals surface area contributed by atoms with Gasteiger partial charge in [0, 0.05) is 21.8 Å². The summed E-state index contributed by atoms with van der Waals surface area (Å²) in [5, 5.41) is 2.56. The van der Waals surface area contributed by atoms with Crippen molar-refractivity contribution in [1.29, 1.82) is 0 Å². The lowest BCUT2D eigenvalue weighted by Gasteiger charge is -2.10. The van der Waals surface area contributed by atoms with Crippen LogP contribution in [0, 0.1) is 0 Å². The fourth-order valence-electron chi connectivity index (χ4n) is 2.84. The number of benzene rings is 3. The summed E-state index contributed by atoms with van der Waals surface area (Å²) < 4.78 is 0. The average Bonchev–Trinajstić information content (AvgIpc) is 2.93. The van der Waals surface area contributed by atoms with E-state index in [-0.39, 0.29) is 4.83 Å². The number of H-pyrrole nitrogens is 1. The predicted octanol–water partition coefficient (Wildman–Crippen LogP) is 5.81. The van der Waals surface area contributed by atoms with Gasteiger partial charge in [0.25, 0.3) is 0 Å². The minimum Gasteiger partial charge on any atom is -0.355 e. The van der Waals surface area contributed by atoms with Crippen molar-refractivity contribution in [1.82, 2.24) is 4.98 Å². The van der Waals surface area contributed by atoms with Crippen LogP contribution in [0.15, 0.2) is 72.8 Å². The second-order valence-corrected chi connectivity index (χ2v) is 6.16. The number of hydrogen-bond acceptors (Lipinski definition) is 0. The monoisotopic (exact) mass is 335 g/mol. The van der Waals surface area contributed by atoms with Crippen LogP contribution < -0.4 is 0 Å².